The number of nitrogens with one attached hydrogen (secondary N) is 2. The number of rotatable bonds is 9. The van der Waals surface area contributed by atoms with E-state index in [1.165, 1.54) is 0 Å². The Bertz CT molecular complexity index is 860. The molecule has 1 aliphatic carbocycles. The molecule has 2 amide bonds. The number of Topliss-reactive ketones (excluding diaryl/α,β-unsaturated/α-hetero) is 1. The van der Waals surface area contributed by atoms with Crippen LogP contribution in [0.15, 0.2) is 15.5 Å². The molecule has 1 aromatic heterocycles. The molecular formula is C18H23N3O7S. The summed E-state index contributed by atoms with van der Waals surface area (Å²) < 4.78 is 4.87. The van der Waals surface area contributed by atoms with E-state index >= 15 is 0 Å². The van der Waals surface area contributed by atoms with Crippen LogP contribution in [0.3, 0.4) is 0 Å². The van der Waals surface area contributed by atoms with E-state index in [4.69, 9.17) is 4.52 Å². The number of thioether (sulfide) groups is 1. The zero-order chi connectivity index (χ0) is 21.8. The molecule has 0 radical (unpaired) electrons. The molecule has 0 bridgehead atoms. The first-order chi connectivity index (χ1) is 13.6. The van der Waals surface area contributed by atoms with Gasteiger partial charge in [0.2, 0.25) is 23.2 Å². The third kappa shape index (κ3) is 4.92. The van der Waals surface area contributed by atoms with Crippen molar-refractivity contribution in [2.45, 2.75) is 26.9 Å². The molecule has 0 unspecified atom stereocenters. The third-order valence-corrected chi connectivity index (χ3v) is 5.26. The number of carbonyl (C=O) groups excluding carboxylic acids is 4. The number of carbonyl (C=O) groups is 4. The second-order valence-electron chi connectivity index (χ2n) is 6.99. The summed E-state index contributed by atoms with van der Waals surface area (Å²) in [6, 6.07) is 0. The Morgan fingerprint density at radius 2 is 2.00 bits per heavy atom. The molecule has 158 valence electrons. The van der Waals surface area contributed by atoms with Crippen molar-refractivity contribution < 1.29 is 33.9 Å². The number of allylic oxidation sites excluding steroid dienone is 2. The highest BCUT2D eigenvalue weighted by atomic mass is 32.2. The van der Waals surface area contributed by atoms with E-state index in [2.05, 4.69) is 15.8 Å². The fourth-order valence-electron chi connectivity index (χ4n) is 2.42. The summed E-state index contributed by atoms with van der Waals surface area (Å²) in [6.07, 6.45) is -0.290. The van der Waals surface area contributed by atoms with Gasteiger partial charge in [0, 0.05) is 30.3 Å². The van der Waals surface area contributed by atoms with Crippen LogP contribution in [0.1, 0.15) is 52.2 Å². The van der Waals surface area contributed by atoms with E-state index in [-0.39, 0.29) is 40.8 Å². The molecule has 0 aliphatic heterocycles. The number of amides is 2. The van der Waals surface area contributed by atoms with Crippen LogP contribution in [0, 0.1) is 5.41 Å². The van der Waals surface area contributed by atoms with Crippen molar-refractivity contribution in [2.24, 2.45) is 5.41 Å². The van der Waals surface area contributed by atoms with E-state index < -0.39 is 34.9 Å². The molecule has 11 heteroatoms. The van der Waals surface area contributed by atoms with Gasteiger partial charge in [-0.3, -0.25) is 19.2 Å². The lowest BCUT2D eigenvalue weighted by molar-refractivity contribution is -0.136. The number of aliphatic hydroxyl groups excluding tert-OH is 2. The van der Waals surface area contributed by atoms with Crippen LogP contribution in [0.4, 0.5) is 0 Å². The average molecular weight is 425 g/mol. The minimum absolute atomic E-state index is 0.0988. The van der Waals surface area contributed by atoms with Crippen molar-refractivity contribution in [2.75, 3.05) is 25.4 Å². The molecule has 1 aromatic rings. The predicted octanol–water partition coefficient (Wildman–Crippen LogP) is -0.0840. The van der Waals surface area contributed by atoms with Crippen molar-refractivity contribution in [3.05, 3.63) is 28.0 Å². The Hall–Kier alpha value is -2.50. The Kier molecular flexibility index (Phi) is 7.33. The molecule has 1 aliphatic rings. The van der Waals surface area contributed by atoms with E-state index in [0.29, 0.717) is 6.54 Å². The minimum atomic E-state index is -1.39. The summed E-state index contributed by atoms with van der Waals surface area (Å²) in [5, 5.41) is 27.7. The lowest BCUT2D eigenvalue weighted by atomic mass is 9.87. The number of hydrogen-bond donors (Lipinski definition) is 4. The number of ketones is 2. The second-order valence-corrected chi connectivity index (χ2v) is 8.12. The molecule has 2 rings (SSSR count). The van der Waals surface area contributed by atoms with E-state index in [0.717, 1.165) is 17.8 Å². The zero-order valence-corrected chi connectivity index (χ0v) is 17.1. The number of fused-ring (bicyclic) bond motifs is 1. The summed E-state index contributed by atoms with van der Waals surface area (Å²) in [5.74, 6) is -2.43. The van der Waals surface area contributed by atoms with Gasteiger partial charge < -0.3 is 25.4 Å². The largest absolute Gasteiger partial charge is 0.396 e. The van der Waals surface area contributed by atoms with Gasteiger partial charge in [0.25, 0.3) is 5.91 Å². The van der Waals surface area contributed by atoms with Crippen molar-refractivity contribution in [3.8, 4) is 0 Å². The topological polar surface area (TPSA) is 159 Å². The number of hydrogen-bond acceptors (Lipinski definition) is 9. The standard InChI is InChI=1S/C18H23N3O7S/c1-4-19-16(26)12-11-13(24)10(7-9(23)14(11)28-21-12)29-6-5-20-17(27)15(25)18(2,3)8-22/h7,15,22,25H,4-6,8H2,1-3H3,(H,19,26)(H,20,27)/t15-/m0/s1. The normalized spacial score (nSPS) is 14.9. The Morgan fingerprint density at radius 1 is 1.31 bits per heavy atom. The number of aromatic nitrogens is 1. The van der Waals surface area contributed by atoms with Gasteiger partial charge in [-0.05, 0) is 6.92 Å². The summed E-state index contributed by atoms with van der Waals surface area (Å²) >= 11 is 1.02. The molecule has 0 saturated heterocycles. The van der Waals surface area contributed by atoms with Gasteiger partial charge in [-0.15, -0.1) is 11.8 Å². The van der Waals surface area contributed by atoms with Crippen molar-refractivity contribution in [1.82, 2.24) is 15.8 Å². The minimum Gasteiger partial charge on any atom is -0.396 e. The second kappa shape index (κ2) is 9.33. The van der Waals surface area contributed by atoms with Gasteiger partial charge in [-0.2, -0.15) is 0 Å². The summed E-state index contributed by atoms with van der Waals surface area (Å²) in [6.45, 7) is 4.86. The first-order valence-electron chi connectivity index (χ1n) is 8.92. The smallest absolute Gasteiger partial charge is 0.274 e. The SMILES string of the molecule is CCNC(=O)c1noc2c1C(=O)C(SCCNC(=O)[C@H](O)C(C)(C)CO)=CC2=O. The maximum atomic E-state index is 12.7. The summed E-state index contributed by atoms with van der Waals surface area (Å²) in [4.78, 5) is 48.9. The van der Waals surface area contributed by atoms with Crippen LogP contribution in [0.25, 0.3) is 0 Å². The Labute approximate surface area is 171 Å². The molecular weight excluding hydrogens is 402 g/mol. The van der Waals surface area contributed by atoms with E-state index in [1.54, 1.807) is 20.8 Å². The lowest BCUT2D eigenvalue weighted by Gasteiger charge is -2.27. The van der Waals surface area contributed by atoms with Gasteiger partial charge in [0.05, 0.1) is 11.5 Å². The van der Waals surface area contributed by atoms with Crippen LogP contribution >= 0.6 is 11.8 Å². The van der Waals surface area contributed by atoms with Crippen LogP contribution < -0.4 is 10.6 Å². The Morgan fingerprint density at radius 3 is 2.62 bits per heavy atom. The Balaban J connectivity index is 1.99. The molecule has 1 atom stereocenters. The predicted molar refractivity (Wildman–Crippen MR) is 104 cm³/mol. The van der Waals surface area contributed by atoms with Gasteiger partial charge in [0.15, 0.2) is 5.69 Å². The fraction of sp³-hybridized carbons (Fsp3) is 0.500. The monoisotopic (exact) mass is 425 g/mol. The van der Waals surface area contributed by atoms with Gasteiger partial charge in [-0.25, -0.2) is 0 Å². The molecule has 4 N–H and O–H groups in total. The molecule has 10 nitrogen and oxygen atoms in total. The molecule has 0 spiro atoms. The highest BCUT2D eigenvalue weighted by molar-refractivity contribution is 8.04. The average Bonchev–Trinajstić information content (AvgIpc) is 3.14. The molecule has 0 aromatic carbocycles. The van der Waals surface area contributed by atoms with Gasteiger partial charge >= 0.3 is 0 Å². The number of nitrogens with zero attached hydrogens (tertiary/aromatic N) is 1. The van der Waals surface area contributed by atoms with Crippen LogP contribution in [-0.4, -0.2) is 70.3 Å². The first kappa shape index (κ1) is 22.8. The maximum absolute atomic E-state index is 12.7. The molecule has 1 heterocycles. The number of aliphatic hydroxyl groups is 2. The third-order valence-electron chi connectivity index (χ3n) is 4.24. The van der Waals surface area contributed by atoms with Crippen LogP contribution in [-0.2, 0) is 4.79 Å². The van der Waals surface area contributed by atoms with Gasteiger partial charge in [-0.1, -0.05) is 19.0 Å². The maximum Gasteiger partial charge on any atom is 0.274 e. The highest BCUT2D eigenvalue weighted by Crippen LogP contribution is 2.30. The van der Waals surface area contributed by atoms with Crippen LogP contribution in [0.2, 0.25) is 0 Å². The van der Waals surface area contributed by atoms with Crippen LogP contribution in [0.5, 0.6) is 0 Å². The van der Waals surface area contributed by atoms with Crippen molar-refractivity contribution >= 4 is 35.1 Å². The van der Waals surface area contributed by atoms with Crippen molar-refractivity contribution in [3.63, 3.8) is 0 Å². The fourth-order valence-corrected chi connectivity index (χ4v) is 3.27. The quantitative estimate of drug-likeness (QED) is 0.397. The highest BCUT2D eigenvalue weighted by Gasteiger charge is 2.36. The zero-order valence-electron chi connectivity index (χ0n) is 16.3. The molecule has 0 saturated carbocycles. The first-order valence-corrected chi connectivity index (χ1v) is 9.90. The molecule has 0 fully saturated rings. The van der Waals surface area contributed by atoms with E-state index in [9.17, 15) is 29.4 Å². The van der Waals surface area contributed by atoms with E-state index in [1.807, 2.05) is 0 Å². The molecule has 29 heavy (non-hydrogen) atoms. The van der Waals surface area contributed by atoms with Crippen molar-refractivity contribution in [1.29, 1.82) is 0 Å². The summed E-state index contributed by atoms with van der Waals surface area (Å²) in [7, 11) is 0. The van der Waals surface area contributed by atoms with Gasteiger partial charge in [0.1, 0.15) is 11.7 Å². The lowest BCUT2D eigenvalue weighted by Crippen LogP contribution is -2.46. The summed E-state index contributed by atoms with van der Waals surface area (Å²) in [5.41, 5.74) is -1.41.